The first-order valence-corrected chi connectivity index (χ1v) is 8.26. The lowest BCUT2D eigenvalue weighted by Crippen LogP contribution is -2.71. The van der Waals surface area contributed by atoms with Crippen LogP contribution in [0.25, 0.3) is 0 Å². The van der Waals surface area contributed by atoms with E-state index in [1.807, 2.05) is 32.6 Å². The van der Waals surface area contributed by atoms with Crippen LogP contribution in [0.4, 0.5) is 0 Å². The molecule has 1 saturated heterocycles. The van der Waals surface area contributed by atoms with Gasteiger partial charge in [0.25, 0.3) is 0 Å². The molecule has 21 heavy (non-hydrogen) atoms. The Balaban J connectivity index is 2.36. The van der Waals surface area contributed by atoms with E-state index in [-0.39, 0.29) is 35.2 Å². The lowest BCUT2D eigenvalue weighted by atomic mass is 9.86. The van der Waals surface area contributed by atoms with Crippen molar-refractivity contribution in [2.45, 2.75) is 84.8 Å². The molecule has 3 atom stereocenters. The van der Waals surface area contributed by atoms with Crippen LogP contribution >= 0.6 is 0 Å². The van der Waals surface area contributed by atoms with Gasteiger partial charge in [0.1, 0.15) is 11.6 Å². The minimum absolute atomic E-state index is 0.0126. The number of nitrogens with one attached hydrogen (secondary N) is 1. The van der Waals surface area contributed by atoms with Gasteiger partial charge in [0.15, 0.2) is 0 Å². The number of piperazine rings is 1. The highest BCUT2D eigenvalue weighted by Gasteiger charge is 2.51. The van der Waals surface area contributed by atoms with E-state index in [1.54, 1.807) is 0 Å². The zero-order chi connectivity index (χ0) is 16.0. The molecule has 0 radical (unpaired) electrons. The topological polar surface area (TPSA) is 49.4 Å². The van der Waals surface area contributed by atoms with Crippen LogP contribution in [0.2, 0.25) is 0 Å². The SMILES string of the molecule is CCC1(C)NC(=O)C(C(C)C)N(C2CCC(C)(C)C2)C1=O. The molecule has 0 aromatic rings. The molecular formula is C17H30N2O2. The molecule has 1 heterocycles. The Hall–Kier alpha value is -1.06. The lowest BCUT2D eigenvalue weighted by Gasteiger charge is -2.48. The van der Waals surface area contributed by atoms with Gasteiger partial charge in [0, 0.05) is 6.04 Å². The average Bonchev–Trinajstić information content (AvgIpc) is 2.73. The molecule has 120 valence electrons. The Morgan fingerprint density at radius 1 is 1.29 bits per heavy atom. The molecule has 4 heteroatoms. The summed E-state index contributed by atoms with van der Waals surface area (Å²) in [5, 5.41) is 2.97. The van der Waals surface area contributed by atoms with Crippen molar-refractivity contribution >= 4 is 11.8 Å². The number of nitrogens with zero attached hydrogens (tertiary/aromatic N) is 1. The molecule has 0 aromatic heterocycles. The predicted molar refractivity (Wildman–Crippen MR) is 83.7 cm³/mol. The second kappa shape index (κ2) is 5.29. The number of carbonyl (C=O) groups excluding carboxylic acids is 2. The van der Waals surface area contributed by atoms with E-state index >= 15 is 0 Å². The van der Waals surface area contributed by atoms with E-state index in [9.17, 15) is 9.59 Å². The molecule has 3 unspecified atom stereocenters. The van der Waals surface area contributed by atoms with Crippen LogP contribution in [0.1, 0.15) is 67.2 Å². The molecule has 1 N–H and O–H groups in total. The van der Waals surface area contributed by atoms with Gasteiger partial charge < -0.3 is 10.2 Å². The van der Waals surface area contributed by atoms with Crippen molar-refractivity contribution in [1.29, 1.82) is 0 Å². The van der Waals surface area contributed by atoms with Crippen LogP contribution in [0.5, 0.6) is 0 Å². The summed E-state index contributed by atoms with van der Waals surface area (Å²) in [4.78, 5) is 27.6. The maximum absolute atomic E-state index is 13.0. The summed E-state index contributed by atoms with van der Waals surface area (Å²) in [7, 11) is 0. The maximum Gasteiger partial charge on any atom is 0.248 e. The van der Waals surface area contributed by atoms with Gasteiger partial charge in [0.2, 0.25) is 11.8 Å². The van der Waals surface area contributed by atoms with Gasteiger partial charge in [-0.3, -0.25) is 9.59 Å². The van der Waals surface area contributed by atoms with Crippen molar-refractivity contribution in [3.63, 3.8) is 0 Å². The smallest absolute Gasteiger partial charge is 0.248 e. The monoisotopic (exact) mass is 294 g/mol. The Kier molecular flexibility index (Phi) is 4.11. The fourth-order valence-electron chi connectivity index (χ4n) is 3.83. The molecule has 0 aromatic carbocycles. The minimum atomic E-state index is -0.741. The zero-order valence-electron chi connectivity index (χ0n) is 14.3. The third-order valence-electron chi connectivity index (χ3n) is 5.35. The Labute approximate surface area is 128 Å². The highest BCUT2D eigenvalue weighted by atomic mass is 16.2. The Bertz CT molecular complexity index is 444. The maximum atomic E-state index is 13.0. The summed E-state index contributed by atoms with van der Waals surface area (Å²) in [6.07, 6.45) is 3.76. The number of hydrogen-bond acceptors (Lipinski definition) is 2. The Morgan fingerprint density at radius 2 is 1.90 bits per heavy atom. The van der Waals surface area contributed by atoms with Gasteiger partial charge in [0.05, 0.1) is 0 Å². The van der Waals surface area contributed by atoms with Crippen LogP contribution in [0.15, 0.2) is 0 Å². The summed E-state index contributed by atoms with van der Waals surface area (Å²) >= 11 is 0. The van der Waals surface area contributed by atoms with Crippen LogP contribution in [-0.2, 0) is 9.59 Å². The molecule has 4 nitrogen and oxygen atoms in total. The fourth-order valence-corrected chi connectivity index (χ4v) is 3.83. The summed E-state index contributed by atoms with van der Waals surface area (Å²) in [5.41, 5.74) is -0.474. The molecule has 1 aliphatic carbocycles. The van der Waals surface area contributed by atoms with Gasteiger partial charge in [-0.25, -0.2) is 0 Å². The summed E-state index contributed by atoms with van der Waals surface area (Å²) in [6, 6.07) is -0.118. The van der Waals surface area contributed by atoms with Crippen molar-refractivity contribution in [2.75, 3.05) is 0 Å². The number of carbonyl (C=O) groups is 2. The Morgan fingerprint density at radius 3 is 2.33 bits per heavy atom. The molecule has 0 bridgehead atoms. The number of hydrogen-bond donors (Lipinski definition) is 1. The highest BCUT2D eigenvalue weighted by molar-refractivity contribution is 5.99. The quantitative estimate of drug-likeness (QED) is 0.870. The fraction of sp³-hybridized carbons (Fsp3) is 0.882. The first kappa shape index (κ1) is 16.3. The first-order valence-electron chi connectivity index (χ1n) is 8.26. The summed E-state index contributed by atoms with van der Waals surface area (Å²) < 4.78 is 0. The second-order valence-electron chi connectivity index (χ2n) is 8.14. The van der Waals surface area contributed by atoms with Crippen molar-refractivity contribution in [1.82, 2.24) is 10.2 Å². The zero-order valence-corrected chi connectivity index (χ0v) is 14.3. The summed E-state index contributed by atoms with van der Waals surface area (Å²) in [5.74, 6) is 0.253. The van der Waals surface area contributed by atoms with E-state index < -0.39 is 5.54 Å². The third-order valence-corrected chi connectivity index (χ3v) is 5.35. The van der Waals surface area contributed by atoms with E-state index in [0.29, 0.717) is 6.42 Å². The van der Waals surface area contributed by atoms with Crippen LogP contribution < -0.4 is 5.32 Å². The lowest BCUT2D eigenvalue weighted by molar-refractivity contribution is -0.159. The largest absolute Gasteiger partial charge is 0.340 e. The molecule has 0 spiro atoms. The molecule has 2 fully saturated rings. The van der Waals surface area contributed by atoms with Crippen molar-refractivity contribution in [2.24, 2.45) is 11.3 Å². The van der Waals surface area contributed by atoms with Gasteiger partial charge in [-0.2, -0.15) is 0 Å². The van der Waals surface area contributed by atoms with Gasteiger partial charge in [-0.05, 0) is 43.9 Å². The predicted octanol–water partition coefficient (Wildman–Crippen LogP) is 2.72. The number of amides is 2. The molecule has 2 aliphatic rings. The van der Waals surface area contributed by atoms with E-state index in [2.05, 4.69) is 19.2 Å². The second-order valence-corrected chi connectivity index (χ2v) is 8.14. The van der Waals surface area contributed by atoms with E-state index in [4.69, 9.17) is 0 Å². The van der Waals surface area contributed by atoms with Gasteiger partial charge >= 0.3 is 0 Å². The molecular weight excluding hydrogens is 264 g/mol. The van der Waals surface area contributed by atoms with E-state index in [0.717, 1.165) is 19.3 Å². The van der Waals surface area contributed by atoms with Crippen molar-refractivity contribution in [3.8, 4) is 0 Å². The van der Waals surface area contributed by atoms with Crippen LogP contribution in [0, 0.1) is 11.3 Å². The first-order chi connectivity index (χ1) is 9.61. The third kappa shape index (κ3) is 2.82. The van der Waals surface area contributed by atoms with E-state index in [1.165, 1.54) is 0 Å². The standard InChI is InChI=1S/C17H30N2O2/c1-7-17(6)15(21)19(12-8-9-16(4,5)10-12)13(11(2)3)14(20)18-17/h11-13H,7-10H2,1-6H3,(H,18,20). The summed E-state index contributed by atoms with van der Waals surface area (Å²) in [6.45, 7) is 12.4. The van der Waals surface area contributed by atoms with Crippen molar-refractivity contribution < 1.29 is 9.59 Å². The van der Waals surface area contributed by atoms with Gasteiger partial charge in [-0.1, -0.05) is 34.6 Å². The average molecular weight is 294 g/mol. The molecule has 2 rings (SSSR count). The normalized spacial score (nSPS) is 36.2. The van der Waals surface area contributed by atoms with Crippen LogP contribution in [0.3, 0.4) is 0 Å². The number of rotatable bonds is 3. The molecule has 2 amide bonds. The minimum Gasteiger partial charge on any atom is -0.340 e. The molecule has 1 saturated carbocycles. The van der Waals surface area contributed by atoms with Gasteiger partial charge in [-0.15, -0.1) is 0 Å². The van der Waals surface area contributed by atoms with Crippen molar-refractivity contribution in [3.05, 3.63) is 0 Å². The van der Waals surface area contributed by atoms with Crippen LogP contribution in [-0.4, -0.2) is 34.3 Å². The highest BCUT2D eigenvalue weighted by Crippen LogP contribution is 2.42. The molecule has 1 aliphatic heterocycles.